The third kappa shape index (κ3) is 2.82. The van der Waals surface area contributed by atoms with Gasteiger partial charge >= 0.3 is 7.48 Å². The molecule has 0 aromatic heterocycles. The Balaban J connectivity index is 2.25. The van der Waals surface area contributed by atoms with Crippen molar-refractivity contribution in [2.75, 3.05) is 0 Å². The lowest BCUT2D eigenvalue weighted by atomic mass is 9.87. The normalized spacial score (nSPS) is 15.7. The van der Waals surface area contributed by atoms with Crippen LogP contribution in [-0.2, 0) is 0 Å². The van der Waals surface area contributed by atoms with E-state index < -0.39 is 0 Å². The average Bonchev–Trinajstić information content (AvgIpc) is 2.42. The SMILES string of the molecule is C=C1C=CC(BO)=CN1/C=C(\C)c1ccccc1. The fourth-order valence-electron chi connectivity index (χ4n) is 1.79. The van der Waals surface area contributed by atoms with Crippen molar-refractivity contribution in [2.24, 2.45) is 0 Å². The molecule has 0 aliphatic carbocycles. The summed E-state index contributed by atoms with van der Waals surface area (Å²) < 4.78 is 0. The zero-order valence-electron chi connectivity index (χ0n) is 10.5. The molecule has 1 aromatic carbocycles. The van der Waals surface area contributed by atoms with E-state index in [2.05, 4.69) is 25.6 Å². The predicted octanol–water partition coefficient (Wildman–Crippen LogP) is 2.62. The second-order valence-electron chi connectivity index (χ2n) is 4.27. The fraction of sp³-hybridized carbons (Fsp3) is 0.0667. The molecule has 0 saturated heterocycles. The first-order chi connectivity index (χ1) is 8.70. The highest BCUT2D eigenvalue weighted by molar-refractivity contribution is 6.37. The minimum Gasteiger partial charge on any atom is -0.449 e. The van der Waals surface area contributed by atoms with Crippen LogP contribution in [-0.4, -0.2) is 17.4 Å². The lowest BCUT2D eigenvalue weighted by molar-refractivity contribution is 0.603. The molecule has 0 fully saturated rings. The van der Waals surface area contributed by atoms with Gasteiger partial charge in [-0.25, -0.2) is 0 Å². The van der Waals surface area contributed by atoms with Crippen LogP contribution in [0.2, 0.25) is 0 Å². The van der Waals surface area contributed by atoms with Gasteiger partial charge in [0.1, 0.15) is 0 Å². The average molecular weight is 237 g/mol. The molecule has 0 spiro atoms. The van der Waals surface area contributed by atoms with Crippen LogP contribution in [0.3, 0.4) is 0 Å². The Morgan fingerprint density at radius 1 is 1.28 bits per heavy atom. The number of nitrogens with zero attached hydrogens (tertiary/aromatic N) is 1. The lowest BCUT2D eigenvalue weighted by Gasteiger charge is -2.22. The third-order valence-electron chi connectivity index (χ3n) is 2.87. The number of hydrogen-bond acceptors (Lipinski definition) is 2. The summed E-state index contributed by atoms with van der Waals surface area (Å²) in [7, 11) is 0.0402. The van der Waals surface area contributed by atoms with Crippen LogP contribution >= 0.6 is 0 Å². The second kappa shape index (κ2) is 5.56. The van der Waals surface area contributed by atoms with Gasteiger partial charge in [-0.2, -0.15) is 0 Å². The summed E-state index contributed by atoms with van der Waals surface area (Å²) in [5.41, 5.74) is 4.10. The van der Waals surface area contributed by atoms with Crippen molar-refractivity contribution in [3.05, 3.63) is 78.2 Å². The zero-order valence-corrected chi connectivity index (χ0v) is 10.5. The minimum atomic E-state index is 0.0402. The topological polar surface area (TPSA) is 23.5 Å². The molecule has 0 unspecified atom stereocenters. The number of rotatable bonds is 3. The molecule has 1 aliphatic heterocycles. The highest BCUT2D eigenvalue weighted by atomic mass is 16.2. The van der Waals surface area contributed by atoms with Crippen molar-refractivity contribution in [1.29, 1.82) is 0 Å². The molecule has 1 heterocycles. The Hall–Kier alpha value is -2.00. The standard InChI is InChI=1S/C15H16BNO/c1-12(14-6-4-3-5-7-14)10-17-11-15(16-18)9-8-13(17)2/h3-11,16,18H,2H2,1H3/b12-10+. The van der Waals surface area contributed by atoms with E-state index in [1.165, 1.54) is 5.56 Å². The van der Waals surface area contributed by atoms with Crippen LogP contribution in [0.25, 0.3) is 5.57 Å². The maximum atomic E-state index is 9.15. The molecule has 1 N–H and O–H groups in total. The first kappa shape index (κ1) is 12.5. The third-order valence-corrected chi connectivity index (χ3v) is 2.87. The van der Waals surface area contributed by atoms with Crippen molar-refractivity contribution >= 4 is 13.1 Å². The van der Waals surface area contributed by atoms with Gasteiger partial charge in [-0.15, -0.1) is 0 Å². The summed E-state index contributed by atoms with van der Waals surface area (Å²) in [4.78, 5) is 1.94. The van der Waals surface area contributed by atoms with E-state index in [0.29, 0.717) is 0 Å². The van der Waals surface area contributed by atoms with E-state index in [9.17, 15) is 0 Å². The maximum Gasteiger partial charge on any atom is 0.306 e. The summed E-state index contributed by atoms with van der Waals surface area (Å²) >= 11 is 0. The van der Waals surface area contributed by atoms with Gasteiger partial charge in [0.05, 0.1) is 0 Å². The molecule has 18 heavy (non-hydrogen) atoms. The molecule has 0 saturated carbocycles. The van der Waals surface area contributed by atoms with Crippen LogP contribution < -0.4 is 0 Å². The second-order valence-corrected chi connectivity index (χ2v) is 4.27. The molecule has 1 aromatic rings. The van der Waals surface area contributed by atoms with Crippen molar-refractivity contribution in [3.63, 3.8) is 0 Å². The minimum absolute atomic E-state index is 0.0402. The number of hydrogen-bond donors (Lipinski definition) is 1. The van der Waals surface area contributed by atoms with Gasteiger partial charge in [-0.05, 0) is 29.6 Å². The van der Waals surface area contributed by atoms with E-state index in [-0.39, 0.29) is 7.48 Å². The molecule has 0 bridgehead atoms. The van der Waals surface area contributed by atoms with Gasteiger partial charge < -0.3 is 9.92 Å². The Morgan fingerprint density at radius 2 is 2.00 bits per heavy atom. The Morgan fingerprint density at radius 3 is 2.67 bits per heavy atom. The Kier molecular flexibility index (Phi) is 3.85. The first-order valence-electron chi connectivity index (χ1n) is 5.91. The molecule has 1 aliphatic rings. The van der Waals surface area contributed by atoms with Gasteiger partial charge in [0, 0.05) is 18.1 Å². The molecule has 2 nitrogen and oxygen atoms in total. The van der Waals surface area contributed by atoms with E-state index in [1.54, 1.807) is 0 Å². The van der Waals surface area contributed by atoms with Gasteiger partial charge in [-0.1, -0.05) is 43.0 Å². The monoisotopic (exact) mass is 237 g/mol. The van der Waals surface area contributed by atoms with Gasteiger partial charge in [0.2, 0.25) is 0 Å². The van der Waals surface area contributed by atoms with E-state index in [4.69, 9.17) is 5.02 Å². The van der Waals surface area contributed by atoms with E-state index in [0.717, 1.165) is 16.7 Å². The molecule has 90 valence electrons. The van der Waals surface area contributed by atoms with Crippen molar-refractivity contribution in [3.8, 4) is 0 Å². The lowest BCUT2D eigenvalue weighted by Crippen LogP contribution is -2.13. The highest BCUT2D eigenvalue weighted by Gasteiger charge is 2.07. The molecule has 0 atom stereocenters. The van der Waals surface area contributed by atoms with Crippen LogP contribution in [0.15, 0.2) is 72.6 Å². The quantitative estimate of drug-likeness (QED) is 0.817. The Bertz CT molecular complexity index is 529. The largest absolute Gasteiger partial charge is 0.449 e. The molecule has 3 heteroatoms. The summed E-state index contributed by atoms with van der Waals surface area (Å²) in [6.07, 6.45) is 7.70. The zero-order chi connectivity index (χ0) is 13.0. The molecule has 0 radical (unpaired) electrons. The Labute approximate surface area is 109 Å². The predicted molar refractivity (Wildman–Crippen MR) is 77.7 cm³/mol. The van der Waals surface area contributed by atoms with Crippen LogP contribution in [0, 0.1) is 0 Å². The van der Waals surface area contributed by atoms with Gasteiger partial charge in [0.25, 0.3) is 0 Å². The van der Waals surface area contributed by atoms with E-state index >= 15 is 0 Å². The number of allylic oxidation sites excluding steroid dienone is 4. The summed E-state index contributed by atoms with van der Waals surface area (Å²) in [6, 6.07) is 10.2. The van der Waals surface area contributed by atoms with Crippen LogP contribution in [0.1, 0.15) is 12.5 Å². The van der Waals surface area contributed by atoms with Crippen molar-refractivity contribution in [1.82, 2.24) is 4.90 Å². The highest BCUT2D eigenvalue weighted by Crippen LogP contribution is 2.20. The van der Waals surface area contributed by atoms with Crippen LogP contribution in [0.4, 0.5) is 0 Å². The summed E-state index contributed by atoms with van der Waals surface area (Å²) in [5.74, 6) is 0. The van der Waals surface area contributed by atoms with Crippen LogP contribution in [0.5, 0.6) is 0 Å². The first-order valence-corrected chi connectivity index (χ1v) is 5.91. The summed E-state index contributed by atoms with van der Waals surface area (Å²) in [5, 5.41) is 9.15. The van der Waals surface area contributed by atoms with Gasteiger partial charge in [0.15, 0.2) is 0 Å². The molecule has 2 rings (SSSR count). The molecular weight excluding hydrogens is 221 g/mol. The van der Waals surface area contributed by atoms with E-state index in [1.807, 2.05) is 47.7 Å². The van der Waals surface area contributed by atoms with Gasteiger partial charge in [-0.3, -0.25) is 0 Å². The number of benzene rings is 1. The summed E-state index contributed by atoms with van der Waals surface area (Å²) in [6.45, 7) is 6.04. The van der Waals surface area contributed by atoms with Crippen molar-refractivity contribution < 1.29 is 5.02 Å². The molecule has 0 amide bonds. The van der Waals surface area contributed by atoms with Crippen molar-refractivity contribution in [2.45, 2.75) is 6.92 Å². The molecular formula is C15H16BNO. The fourth-order valence-corrected chi connectivity index (χ4v) is 1.79. The maximum absolute atomic E-state index is 9.15. The smallest absolute Gasteiger partial charge is 0.306 e.